The highest BCUT2D eigenvalue weighted by atomic mass is 16.5. The van der Waals surface area contributed by atoms with Crippen molar-refractivity contribution in [3.8, 4) is 5.88 Å². The highest BCUT2D eigenvalue weighted by Crippen LogP contribution is 2.22. The standard InChI is InChI=1S/C16H17N3O4/c1-22-14-5-4-12(8-17-14)18-16(21)11-7-15(20)19(9-11)10-13-3-2-6-23-13/h2-6,8,11H,7,9-10H2,1H3,(H,18,21)/t11-/m0/s1. The molecule has 0 radical (unpaired) electrons. The van der Waals surface area contributed by atoms with Gasteiger partial charge in [-0.25, -0.2) is 4.98 Å². The first-order chi connectivity index (χ1) is 11.2. The number of pyridine rings is 1. The van der Waals surface area contributed by atoms with E-state index < -0.39 is 0 Å². The van der Waals surface area contributed by atoms with Gasteiger partial charge in [0.05, 0.1) is 37.7 Å². The van der Waals surface area contributed by atoms with E-state index in [2.05, 4.69) is 10.3 Å². The second-order valence-electron chi connectivity index (χ2n) is 5.33. The Labute approximate surface area is 133 Å². The van der Waals surface area contributed by atoms with Crippen LogP contribution in [0.3, 0.4) is 0 Å². The molecule has 0 spiro atoms. The average Bonchev–Trinajstić information content (AvgIpc) is 3.19. The van der Waals surface area contributed by atoms with Gasteiger partial charge in [-0.2, -0.15) is 0 Å². The maximum atomic E-state index is 12.3. The third kappa shape index (κ3) is 3.50. The monoisotopic (exact) mass is 315 g/mol. The van der Waals surface area contributed by atoms with E-state index in [-0.39, 0.29) is 24.2 Å². The molecule has 1 aliphatic heterocycles. The predicted molar refractivity (Wildman–Crippen MR) is 81.7 cm³/mol. The van der Waals surface area contributed by atoms with E-state index in [4.69, 9.17) is 9.15 Å². The molecule has 1 aliphatic rings. The molecule has 0 saturated carbocycles. The third-order valence-electron chi connectivity index (χ3n) is 3.73. The van der Waals surface area contributed by atoms with Gasteiger partial charge in [0.15, 0.2) is 0 Å². The molecule has 3 heterocycles. The second-order valence-corrected chi connectivity index (χ2v) is 5.33. The van der Waals surface area contributed by atoms with Crippen molar-refractivity contribution in [3.05, 3.63) is 42.5 Å². The molecule has 0 aromatic carbocycles. The fourth-order valence-corrected chi connectivity index (χ4v) is 2.51. The van der Waals surface area contributed by atoms with E-state index in [1.54, 1.807) is 29.4 Å². The number of rotatable bonds is 5. The molecular weight excluding hydrogens is 298 g/mol. The summed E-state index contributed by atoms with van der Waals surface area (Å²) in [6.45, 7) is 0.772. The summed E-state index contributed by atoms with van der Waals surface area (Å²) in [7, 11) is 1.53. The van der Waals surface area contributed by atoms with Gasteiger partial charge in [0, 0.05) is 19.0 Å². The van der Waals surface area contributed by atoms with Crippen LogP contribution in [-0.4, -0.2) is 35.4 Å². The Bertz CT molecular complexity index is 682. The Morgan fingerprint density at radius 2 is 2.35 bits per heavy atom. The first-order valence-electron chi connectivity index (χ1n) is 7.27. The summed E-state index contributed by atoms with van der Waals surface area (Å²) in [4.78, 5) is 30.0. The van der Waals surface area contributed by atoms with Gasteiger partial charge in [0.1, 0.15) is 5.76 Å². The maximum absolute atomic E-state index is 12.3. The molecule has 2 aromatic rings. The minimum absolute atomic E-state index is 0.0468. The largest absolute Gasteiger partial charge is 0.481 e. The van der Waals surface area contributed by atoms with Crippen molar-refractivity contribution in [1.82, 2.24) is 9.88 Å². The van der Waals surface area contributed by atoms with Gasteiger partial charge in [0.2, 0.25) is 17.7 Å². The molecule has 1 fully saturated rings. The van der Waals surface area contributed by atoms with Gasteiger partial charge in [-0.3, -0.25) is 9.59 Å². The zero-order chi connectivity index (χ0) is 16.2. The third-order valence-corrected chi connectivity index (χ3v) is 3.73. The quantitative estimate of drug-likeness (QED) is 0.907. The highest BCUT2D eigenvalue weighted by Gasteiger charge is 2.34. The number of hydrogen-bond acceptors (Lipinski definition) is 5. The van der Waals surface area contributed by atoms with Crippen molar-refractivity contribution in [2.45, 2.75) is 13.0 Å². The molecule has 1 atom stereocenters. The molecule has 120 valence electrons. The van der Waals surface area contributed by atoms with E-state index in [1.807, 2.05) is 6.07 Å². The van der Waals surface area contributed by atoms with Crippen molar-refractivity contribution < 1.29 is 18.7 Å². The van der Waals surface area contributed by atoms with Crippen LogP contribution in [-0.2, 0) is 16.1 Å². The highest BCUT2D eigenvalue weighted by molar-refractivity contribution is 5.97. The molecule has 2 aromatic heterocycles. The van der Waals surface area contributed by atoms with Gasteiger partial charge >= 0.3 is 0 Å². The number of anilines is 1. The SMILES string of the molecule is COc1ccc(NC(=O)[C@H]2CC(=O)N(Cc3ccco3)C2)cn1. The summed E-state index contributed by atoms with van der Waals surface area (Å²) in [5, 5.41) is 2.78. The Morgan fingerprint density at radius 1 is 1.48 bits per heavy atom. The van der Waals surface area contributed by atoms with E-state index in [0.29, 0.717) is 30.4 Å². The van der Waals surface area contributed by atoms with Crippen LogP contribution in [0.1, 0.15) is 12.2 Å². The summed E-state index contributed by atoms with van der Waals surface area (Å²) < 4.78 is 10.2. The normalized spacial score (nSPS) is 17.3. The Morgan fingerprint density at radius 3 is 3.00 bits per heavy atom. The number of methoxy groups -OCH3 is 1. The summed E-state index contributed by atoms with van der Waals surface area (Å²) in [6.07, 6.45) is 3.29. The fraction of sp³-hybridized carbons (Fsp3) is 0.312. The van der Waals surface area contributed by atoms with Crippen molar-refractivity contribution in [1.29, 1.82) is 0 Å². The van der Waals surface area contributed by atoms with E-state index in [9.17, 15) is 9.59 Å². The summed E-state index contributed by atoms with van der Waals surface area (Å²) >= 11 is 0. The van der Waals surface area contributed by atoms with Crippen molar-refractivity contribution >= 4 is 17.5 Å². The second kappa shape index (κ2) is 6.51. The van der Waals surface area contributed by atoms with Gasteiger partial charge in [-0.15, -0.1) is 0 Å². The molecular formula is C16H17N3O4. The average molecular weight is 315 g/mol. The maximum Gasteiger partial charge on any atom is 0.229 e. The van der Waals surface area contributed by atoms with E-state index >= 15 is 0 Å². The van der Waals surface area contributed by atoms with Crippen molar-refractivity contribution in [2.24, 2.45) is 5.92 Å². The zero-order valence-electron chi connectivity index (χ0n) is 12.7. The number of ether oxygens (including phenoxy) is 1. The van der Waals surface area contributed by atoms with Crippen LogP contribution in [0.2, 0.25) is 0 Å². The summed E-state index contributed by atoms with van der Waals surface area (Å²) in [5.41, 5.74) is 0.577. The summed E-state index contributed by atoms with van der Waals surface area (Å²) in [6, 6.07) is 6.96. The van der Waals surface area contributed by atoms with Crippen LogP contribution in [0, 0.1) is 5.92 Å². The topological polar surface area (TPSA) is 84.7 Å². The van der Waals surface area contributed by atoms with Gasteiger partial charge in [0.25, 0.3) is 0 Å². The van der Waals surface area contributed by atoms with Gasteiger partial charge < -0.3 is 19.4 Å². The fourth-order valence-electron chi connectivity index (χ4n) is 2.51. The molecule has 0 bridgehead atoms. The smallest absolute Gasteiger partial charge is 0.229 e. The number of nitrogens with one attached hydrogen (secondary N) is 1. The number of furan rings is 1. The van der Waals surface area contributed by atoms with Crippen LogP contribution in [0.25, 0.3) is 0 Å². The van der Waals surface area contributed by atoms with Crippen LogP contribution >= 0.6 is 0 Å². The molecule has 0 aliphatic carbocycles. The van der Waals surface area contributed by atoms with Gasteiger partial charge in [-0.1, -0.05) is 0 Å². The lowest BCUT2D eigenvalue weighted by Crippen LogP contribution is -2.27. The number of carbonyl (C=O) groups excluding carboxylic acids is 2. The Hall–Kier alpha value is -2.83. The molecule has 7 nitrogen and oxygen atoms in total. The molecule has 2 amide bonds. The molecule has 0 unspecified atom stereocenters. The minimum Gasteiger partial charge on any atom is -0.481 e. The number of nitrogens with zero attached hydrogens (tertiary/aromatic N) is 2. The number of aromatic nitrogens is 1. The number of amides is 2. The number of likely N-dealkylation sites (tertiary alicyclic amines) is 1. The van der Waals surface area contributed by atoms with Crippen LogP contribution < -0.4 is 10.1 Å². The Kier molecular flexibility index (Phi) is 4.27. The molecule has 1 N–H and O–H groups in total. The summed E-state index contributed by atoms with van der Waals surface area (Å²) in [5.74, 6) is 0.573. The predicted octanol–water partition coefficient (Wildman–Crippen LogP) is 1.67. The first kappa shape index (κ1) is 15.1. The first-order valence-corrected chi connectivity index (χ1v) is 7.27. The molecule has 1 saturated heterocycles. The lowest BCUT2D eigenvalue weighted by molar-refractivity contribution is -0.128. The number of carbonyl (C=O) groups is 2. The Balaban J connectivity index is 1.58. The minimum atomic E-state index is -0.375. The molecule has 3 rings (SSSR count). The van der Waals surface area contributed by atoms with Crippen molar-refractivity contribution in [2.75, 3.05) is 19.0 Å². The van der Waals surface area contributed by atoms with E-state index in [0.717, 1.165) is 0 Å². The van der Waals surface area contributed by atoms with Crippen LogP contribution in [0.4, 0.5) is 5.69 Å². The van der Waals surface area contributed by atoms with E-state index in [1.165, 1.54) is 13.3 Å². The lowest BCUT2D eigenvalue weighted by atomic mass is 10.1. The number of hydrogen-bond donors (Lipinski definition) is 1. The zero-order valence-corrected chi connectivity index (χ0v) is 12.7. The van der Waals surface area contributed by atoms with Gasteiger partial charge in [-0.05, 0) is 18.2 Å². The van der Waals surface area contributed by atoms with Crippen LogP contribution in [0.15, 0.2) is 41.1 Å². The lowest BCUT2D eigenvalue weighted by Gasteiger charge is -2.15. The van der Waals surface area contributed by atoms with Crippen LogP contribution in [0.5, 0.6) is 5.88 Å². The molecule has 7 heteroatoms. The van der Waals surface area contributed by atoms with Crippen molar-refractivity contribution in [3.63, 3.8) is 0 Å². The molecule has 23 heavy (non-hydrogen) atoms.